The molecular formula is C27H32N3O5S-. The molecule has 1 saturated heterocycles. The zero-order chi connectivity index (χ0) is 26.1. The predicted molar refractivity (Wildman–Crippen MR) is 139 cm³/mol. The predicted octanol–water partition coefficient (Wildman–Crippen LogP) is 5.47. The fraction of sp³-hybridized carbons (Fsp3) is 0.407. The molecule has 9 heteroatoms. The lowest BCUT2D eigenvalue weighted by Crippen LogP contribution is -2.49. The normalized spacial score (nSPS) is 18.3. The Morgan fingerprint density at radius 2 is 1.94 bits per heavy atom. The monoisotopic (exact) mass is 510 g/mol. The third kappa shape index (κ3) is 5.69. The molecule has 36 heavy (non-hydrogen) atoms. The lowest BCUT2D eigenvalue weighted by Gasteiger charge is -2.35. The first-order valence-corrected chi connectivity index (χ1v) is 13.0. The fourth-order valence-corrected chi connectivity index (χ4v) is 5.11. The van der Waals surface area contributed by atoms with Gasteiger partial charge in [-0.1, -0.05) is 24.3 Å². The van der Waals surface area contributed by atoms with Crippen molar-refractivity contribution in [3.05, 3.63) is 66.5 Å². The number of carbonyl (C=O) groups excluding carboxylic acids is 1. The van der Waals surface area contributed by atoms with E-state index in [1.807, 2.05) is 58.9 Å². The van der Waals surface area contributed by atoms with Crippen molar-refractivity contribution in [3.8, 4) is 0 Å². The van der Waals surface area contributed by atoms with Crippen molar-refractivity contribution in [1.29, 1.82) is 0 Å². The van der Waals surface area contributed by atoms with Gasteiger partial charge in [0.2, 0.25) is 0 Å². The van der Waals surface area contributed by atoms with Crippen LogP contribution >= 0.6 is 0 Å². The number of hydrogen-bond donors (Lipinski definition) is 0. The third-order valence-corrected chi connectivity index (χ3v) is 6.83. The average Bonchev–Trinajstić information content (AvgIpc) is 3.11. The number of carbonyl (C=O) groups is 1. The second-order valence-electron chi connectivity index (χ2n) is 10.4. The molecule has 8 nitrogen and oxygen atoms in total. The second-order valence-corrected chi connectivity index (χ2v) is 11.2. The lowest BCUT2D eigenvalue weighted by molar-refractivity contribution is -0.0626. The molecule has 1 amide bonds. The Labute approximate surface area is 214 Å². The summed E-state index contributed by atoms with van der Waals surface area (Å²) in [6, 6.07) is 14.6. The van der Waals surface area contributed by atoms with Crippen molar-refractivity contribution in [2.75, 3.05) is 10.9 Å². The summed E-state index contributed by atoms with van der Waals surface area (Å²) in [7, 11) is 0. The Balaban J connectivity index is 1.50. The summed E-state index contributed by atoms with van der Waals surface area (Å²) in [4.78, 5) is 18.7. The maximum Gasteiger partial charge on any atom is 0.412 e. The number of pyridine rings is 1. The maximum absolute atomic E-state index is 12.9. The zero-order valence-electron chi connectivity index (χ0n) is 21.3. The van der Waals surface area contributed by atoms with Crippen LogP contribution < -0.4 is 4.31 Å². The third-order valence-electron chi connectivity index (χ3n) is 6.13. The number of benzene rings is 2. The summed E-state index contributed by atoms with van der Waals surface area (Å²) in [5.41, 5.74) is 0.797. The van der Waals surface area contributed by atoms with Crippen molar-refractivity contribution in [3.63, 3.8) is 0 Å². The van der Waals surface area contributed by atoms with Gasteiger partial charge in [-0.25, -0.2) is 4.79 Å². The van der Waals surface area contributed by atoms with Crippen molar-refractivity contribution >= 4 is 39.5 Å². The van der Waals surface area contributed by atoms with Gasteiger partial charge in [0.1, 0.15) is 11.3 Å². The van der Waals surface area contributed by atoms with E-state index in [4.69, 9.17) is 9.47 Å². The van der Waals surface area contributed by atoms with E-state index in [0.29, 0.717) is 30.8 Å². The van der Waals surface area contributed by atoms with Crippen LogP contribution in [-0.4, -0.2) is 48.7 Å². The minimum atomic E-state index is -2.51. The minimum absolute atomic E-state index is 0.121. The zero-order valence-corrected chi connectivity index (χ0v) is 22.1. The van der Waals surface area contributed by atoms with Crippen LogP contribution in [0.5, 0.6) is 0 Å². The van der Waals surface area contributed by atoms with Gasteiger partial charge in [0.25, 0.3) is 0 Å². The largest absolute Gasteiger partial charge is 0.755 e. The van der Waals surface area contributed by atoms with Crippen LogP contribution in [-0.2, 0) is 27.2 Å². The van der Waals surface area contributed by atoms with Gasteiger partial charge in [0.15, 0.2) is 0 Å². The SMILES string of the molecule is CC(C)(C)OC(=O)N1C(CCc2ccc(N(c3cccc4cnccc34)S(=O)[O-])cc2)COC1(C)C. The number of hydrogen-bond acceptors (Lipinski definition) is 6. The summed E-state index contributed by atoms with van der Waals surface area (Å²) in [5, 5.41) is 1.66. The first kappa shape index (κ1) is 26.1. The van der Waals surface area contributed by atoms with Crippen LogP contribution in [0.25, 0.3) is 10.8 Å². The quantitative estimate of drug-likeness (QED) is 0.408. The van der Waals surface area contributed by atoms with Crippen LogP contribution in [0.1, 0.15) is 46.6 Å². The maximum atomic E-state index is 12.9. The molecule has 1 fully saturated rings. The Bertz CT molecular complexity index is 1250. The van der Waals surface area contributed by atoms with Gasteiger partial charge in [-0.15, -0.1) is 0 Å². The molecule has 0 N–H and O–H groups in total. The summed E-state index contributed by atoms with van der Waals surface area (Å²) < 4.78 is 37.3. The second kappa shape index (κ2) is 10.2. The van der Waals surface area contributed by atoms with Gasteiger partial charge in [-0.3, -0.25) is 18.4 Å². The molecule has 0 saturated carbocycles. The van der Waals surface area contributed by atoms with Gasteiger partial charge in [0.05, 0.1) is 35.3 Å². The topological polar surface area (TPSA) is 95.0 Å². The number of aromatic nitrogens is 1. The number of nitrogens with zero attached hydrogens (tertiary/aromatic N) is 3. The van der Waals surface area contributed by atoms with Gasteiger partial charge < -0.3 is 14.0 Å². The highest BCUT2D eigenvalue weighted by Crippen LogP contribution is 2.34. The van der Waals surface area contributed by atoms with E-state index >= 15 is 0 Å². The van der Waals surface area contributed by atoms with Gasteiger partial charge in [-0.05, 0) is 77.3 Å². The summed E-state index contributed by atoms with van der Waals surface area (Å²) in [6.07, 6.45) is 4.36. The summed E-state index contributed by atoms with van der Waals surface area (Å²) in [5.74, 6) is 0. The Hall–Kier alpha value is -3.01. The molecule has 0 aliphatic carbocycles. The van der Waals surface area contributed by atoms with Gasteiger partial charge in [0, 0.05) is 23.2 Å². The Morgan fingerprint density at radius 1 is 1.22 bits per heavy atom. The van der Waals surface area contributed by atoms with Crippen molar-refractivity contribution in [2.24, 2.45) is 0 Å². The highest BCUT2D eigenvalue weighted by atomic mass is 32.2. The van der Waals surface area contributed by atoms with Crippen LogP contribution in [0.4, 0.5) is 16.2 Å². The first-order chi connectivity index (χ1) is 17.0. The van der Waals surface area contributed by atoms with Crippen molar-refractivity contribution in [2.45, 2.75) is 64.8 Å². The Morgan fingerprint density at radius 3 is 2.61 bits per heavy atom. The molecule has 2 atom stereocenters. The van der Waals surface area contributed by atoms with E-state index in [0.717, 1.165) is 16.3 Å². The standard InChI is InChI=1S/C27H33N3O5S/c1-26(2,3)35-25(31)29-22(18-34-27(29,4)5)14-11-19-9-12-21(13-10-19)30(36(32)33)24-8-6-7-20-17-28-16-15-23(20)24/h6-10,12-13,15-17,22H,11,14,18H2,1-5H3,(H,32,33)/p-1. The number of aryl methyl sites for hydroxylation is 1. The van der Waals surface area contributed by atoms with E-state index in [2.05, 4.69) is 4.98 Å². The van der Waals surface area contributed by atoms with E-state index in [1.165, 1.54) is 4.31 Å². The van der Waals surface area contributed by atoms with E-state index in [9.17, 15) is 13.6 Å². The van der Waals surface area contributed by atoms with Crippen LogP contribution in [0.15, 0.2) is 60.9 Å². The summed E-state index contributed by atoms with van der Waals surface area (Å²) >= 11 is -2.51. The molecule has 0 spiro atoms. The van der Waals surface area contributed by atoms with Crippen molar-refractivity contribution in [1.82, 2.24) is 9.88 Å². The highest BCUT2D eigenvalue weighted by Gasteiger charge is 2.45. The lowest BCUT2D eigenvalue weighted by atomic mass is 10.0. The van der Waals surface area contributed by atoms with E-state index in [-0.39, 0.29) is 12.1 Å². The van der Waals surface area contributed by atoms with Gasteiger partial charge in [-0.2, -0.15) is 0 Å². The number of fused-ring (bicyclic) bond motifs is 1. The number of anilines is 2. The fourth-order valence-electron chi connectivity index (χ4n) is 4.50. The summed E-state index contributed by atoms with van der Waals surface area (Å²) in [6.45, 7) is 9.71. The van der Waals surface area contributed by atoms with Crippen LogP contribution in [0.2, 0.25) is 0 Å². The van der Waals surface area contributed by atoms with E-state index < -0.39 is 22.6 Å². The molecular weight excluding hydrogens is 478 g/mol. The average molecular weight is 511 g/mol. The molecule has 2 aromatic carbocycles. The number of amides is 1. The molecule has 2 heterocycles. The molecule has 1 aromatic heterocycles. The molecule has 0 bridgehead atoms. The highest BCUT2D eigenvalue weighted by molar-refractivity contribution is 7.81. The molecule has 0 radical (unpaired) electrons. The molecule has 192 valence electrons. The molecule has 4 rings (SSSR count). The molecule has 1 aliphatic rings. The smallest absolute Gasteiger partial charge is 0.412 e. The molecule has 3 aromatic rings. The van der Waals surface area contributed by atoms with Gasteiger partial charge >= 0.3 is 6.09 Å². The molecule has 1 aliphatic heterocycles. The Kier molecular flexibility index (Phi) is 7.36. The minimum Gasteiger partial charge on any atom is -0.755 e. The first-order valence-electron chi connectivity index (χ1n) is 11.9. The molecule has 2 unspecified atom stereocenters. The van der Waals surface area contributed by atoms with Crippen LogP contribution in [0, 0.1) is 0 Å². The number of rotatable bonds is 6. The van der Waals surface area contributed by atoms with Crippen molar-refractivity contribution < 1.29 is 23.0 Å². The van der Waals surface area contributed by atoms with Crippen LogP contribution in [0.3, 0.4) is 0 Å². The number of ether oxygens (including phenoxy) is 2. The van der Waals surface area contributed by atoms with E-state index in [1.54, 1.807) is 41.6 Å².